The van der Waals surface area contributed by atoms with Crippen LogP contribution in [0.3, 0.4) is 0 Å². The number of aliphatic imine (C=N–C) groups is 1. The standard InChI is InChI=1S/C16H13N3O2/c1-21-16(20)10-5-4-6-11(9-10)18-15-13-8-3-2-7-12(13)14(17)19-15/h2-9H,1H3,(H2,17,18,19)/p+1. The minimum atomic E-state index is -0.386. The number of ether oxygens (including phenoxy) is 1. The molecule has 0 radical (unpaired) electrons. The zero-order chi connectivity index (χ0) is 14.8. The molecule has 21 heavy (non-hydrogen) atoms. The number of nitrogens with one attached hydrogen (secondary N) is 1. The summed E-state index contributed by atoms with van der Waals surface area (Å²) < 4.78 is 4.71. The topological polar surface area (TPSA) is 78.6 Å². The normalized spacial score (nSPS) is 14.7. The number of hydrogen-bond acceptors (Lipinski definition) is 4. The number of hydrogen-bond donors (Lipinski definition) is 2. The van der Waals surface area contributed by atoms with Crippen LogP contribution in [-0.4, -0.2) is 24.8 Å². The number of esters is 1. The number of nitrogens with two attached hydrogens (primary N) is 1. The smallest absolute Gasteiger partial charge is 0.337 e. The molecule has 0 aliphatic carbocycles. The maximum atomic E-state index is 11.5. The first-order valence-electron chi connectivity index (χ1n) is 6.45. The van der Waals surface area contributed by atoms with E-state index >= 15 is 0 Å². The van der Waals surface area contributed by atoms with Crippen molar-refractivity contribution in [2.24, 2.45) is 10.7 Å². The van der Waals surface area contributed by atoms with E-state index in [0.717, 1.165) is 11.1 Å². The first kappa shape index (κ1) is 13.1. The monoisotopic (exact) mass is 280 g/mol. The van der Waals surface area contributed by atoms with Gasteiger partial charge in [-0.3, -0.25) is 0 Å². The van der Waals surface area contributed by atoms with Crippen LogP contribution in [0.1, 0.15) is 21.5 Å². The molecule has 0 saturated heterocycles. The molecule has 5 heteroatoms. The molecule has 5 nitrogen and oxygen atoms in total. The molecule has 1 aliphatic rings. The second-order valence-corrected chi connectivity index (χ2v) is 4.59. The summed E-state index contributed by atoms with van der Waals surface area (Å²) in [4.78, 5) is 19.1. The quantitative estimate of drug-likeness (QED) is 0.779. The summed E-state index contributed by atoms with van der Waals surface area (Å²) >= 11 is 0. The van der Waals surface area contributed by atoms with Crippen LogP contribution >= 0.6 is 0 Å². The van der Waals surface area contributed by atoms with Gasteiger partial charge in [0, 0.05) is 0 Å². The summed E-state index contributed by atoms with van der Waals surface area (Å²) in [6.07, 6.45) is 0. The second kappa shape index (κ2) is 5.20. The lowest BCUT2D eigenvalue weighted by molar-refractivity contribution is -0.311. The van der Waals surface area contributed by atoms with Crippen LogP contribution in [0.5, 0.6) is 0 Å². The van der Waals surface area contributed by atoms with Crippen molar-refractivity contribution in [1.29, 1.82) is 0 Å². The number of nitrogens with zero attached hydrogens (tertiary/aromatic N) is 1. The molecule has 1 aliphatic heterocycles. The summed E-state index contributed by atoms with van der Waals surface area (Å²) in [5.74, 6) is 0.862. The van der Waals surface area contributed by atoms with Gasteiger partial charge in [-0.2, -0.15) is 0 Å². The molecule has 3 N–H and O–H groups in total. The first-order valence-corrected chi connectivity index (χ1v) is 6.45. The molecule has 0 atom stereocenters. The highest BCUT2D eigenvalue weighted by Crippen LogP contribution is 2.17. The average molecular weight is 280 g/mol. The van der Waals surface area contributed by atoms with Gasteiger partial charge in [0.05, 0.1) is 23.8 Å². The molecule has 0 unspecified atom stereocenters. The Morgan fingerprint density at radius 2 is 1.90 bits per heavy atom. The number of carbonyl (C=O) groups is 1. The van der Waals surface area contributed by atoms with Crippen molar-refractivity contribution in [3.05, 3.63) is 65.2 Å². The van der Waals surface area contributed by atoms with Crippen LogP contribution in [0.15, 0.2) is 53.5 Å². The minimum absolute atomic E-state index is 0.386. The Bertz CT molecular complexity index is 779. The molecular formula is C16H14N3O2+. The van der Waals surface area contributed by atoms with Crippen LogP contribution in [0.25, 0.3) is 0 Å². The number of benzene rings is 2. The van der Waals surface area contributed by atoms with Gasteiger partial charge in [0.1, 0.15) is 5.69 Å². The minimum Gasteiger partial charge on any atom is -0.465 e. The van der Waals surface area contributed by atoms with E-state index in [0.29, 0.717) is 22.9 Å². The van der Waals surface area contributed by atoms with Gasteiger partial charge in [0.15, 0.2) is 0 Å². The highest BCUT2D eigenvalue weighted by atomic mass is 16.5. The van der Waals surface area contributed by atoms with E-state index in [4.69, 9.17) is 10.5 Å². The van der Waals surface area contributed by atoms with Gasteiger partial charge >= 0.3 is 5.97 Å². The predicted molar refractivity (Wildman–Crippen MR) is 79.7 cm³/mol. The van der Waals surface area contributed by atoms with E-state index < -0.39 is 0 Å². The third-order valence-corrected chi connectivity index (χ3v) is 3.23. The van der Waals surface area contributed by atoms with Crippen LogP contribution in [0, 0.1) is 0 Å². The lowest BCUT2D eigenvalue weighted by Gasteiger charge is -1.98. The third-order valence-electron chi connectivity index (χ3n) is 3.23. The third kappa shape index (κ3) is 2.41. The molecule has 2 aromatic rings. The number of rotatable bonds is 2. The van der Waals surface area contributed by atoms with Crippen LogP contribution in [-0.2, 0) is 4.74 Å². The fourth-order valence-electron chi connectivity index (χ4n) is 2.22. The van der Waals surface area contributed by atoms with Crippen LogP contribution in [0.2, 0.25) is 0 Å². The molecule has 0 bridgehead atoms. The Hall–Kier alpha value is -2.95. The Morgan fingerprint density at radius 3 is 2.67 bits per heavy atom. The Balaban J connectivity index is 2.02. The number of amidine groups is 2. The van der Waals surface area contributed by atoms with Gasteiger partial charge in [0.25, 0.3) is 5.84 Å². The summed E-state index contributed by atoms with van der Waals surface area (Å²) in [7, 11) is 1.35. The van der Waals surface area contributed by atoms with E-state index in [-0.39, 0.29) is 5.97 Å². The lowest BCUT2D eigenvalue weighted by Crippen LogP contribution is -2.76. The van der Waals surface area contributed by atoms with E-state index in [1.807, 2.05) is 30.3 Å². The largest absolute Gasteiger partial charge is 0.465 e. The summed E-state index contributed by atoms with van der Waals surface area (Å²) in [5.41, 5.74) is 8.93. The summed E-state index contributed by atoms with van der Waals surface area (Å²) in [5, 5.41) is 0. The Kier molecular flexibility index (Phi) is 3.23. The van der Waals surface area contributed by atoms with Crippen molar-refractivity contribution in [2.75, 3.05) is 7.11 Å². The highest BCUT2D eigenvalue weighted by Gasteiger charge is 2.23. The fourth-order valence-corrected chi connectivity index (χ4v) is 2.22. The maximum Gasteiger partial charge on any atom is 0.337 e. The summed E-state index contributed by atoms with van der Waals surface area (Å²) in [6, 6.07) is 14.7. The zero-order valence-corrected chi connectivity index (χ0v) is 11.5. The predicted octanol–water partition coefficient (Wildman–Crippen LogP) is 0.351. The number of carbonyl (C=O) groups excluding carboxylic acids is 1. The fraction of sp³-hybridized carbons (Fsp3) is 0.0625. The van der Waals surface area contributed by atoms with Crippen molar-refractivity contribution in [2.45, 2.75) is 0 Å². The van der Waals surface area contributed by atoms with Gasteiger partial charge in [-0.05, 0) is 30.3 Å². The summed E-state index contributed by atoms with van der Waals surface area (Å²) in [6.45, 7) is 0. The van der Waals surface area contributed by atoms with Gasteiger partial charge in [0.2, 0.25) is 5.84 Å². The Labute approximate surface area is 121 Å². The lowest BCUT2D eigenvalue weighted by atomic mass is 10.1. The molecule has 3 rings (SSSR count). The van der Waals surface area contributed by atoms with Crippen molar-refractivity contribution >= 4 is 23.3 Å². The van der Waals surface area contributed by atoms with Crippen LogP contribution in [0.4, 0.5) is 5.69 Å². The average Bonchev–Trinajstić information content (AvgIpc) is 2.83. The van der Waals surface area contributed by atoms with E-state index in [1.54, 1.807) is 18.2 Å². The first-order chi connectivity index (χ1) is 10.2. The van der Waals surface area contributed by atoms with Crippen molar-refractivity contribution in [1.82, 2.24) is 0 Å². The van der Waals surface area contributed by atoms with Gasteiger partial charge < -0.3 is 10.5 Å². The highest BCUT2D eigenvalue weighted by molar-refractivity contribution is 6.12. The maximum absolute atomic E-state index is 11.5. The van der Waals surface area contributed by atoms with Gasteiger partial charge in [-0.1, -0.05) is 18.2 Å². The molecule has 2 aromatic carbocycles. The van der Waals surface area contributed by atoms with Crippen molar-refractivity contribution in [3.8, 4) is 0 Å². The molecular weight excluding hydrogens is 266 g/mol. The van der Waals surface area contributed by atoms with Crippen LogP contribution < -0.4 is 10.7 Å². The molecule has 1 heterocycles. The van der Waals surface area contributed by atoms with Crippen molar-refractivity contribution < 1.29 is 14.5 Å². The van der Waals surface area contributed by atoms with E-state index in [1.165, 1.54) is 7.11 Å². The van der Waals surface area contributed by atoms with Gasteiger partial charge in [-0.15, -0.1) is 4.99 Å². The van der Waals surface area contributed by atoms with Crippen molar-refractivity contribution in [3.63, 3.8) is 0 Å². The molecule has 0 saturated carbocycles. The molecule has 104 valence electrons. The second-order valence-electron chi connectivity index (χ2n) is 4.59. The molecule has 0 amide bonds. The number of fused-ring (bicyclic) bond motifs is 1. The number of nitrogen functional groups attached to an aromatic ring is 1. The zero-order valence-electron chi connectivity index (χ0n) is 11.5. The number of methoxy groups -OCH3 is 1. The Morgan fingerprint density at radius 1 is 1.14 bits per heavy atom. The SMILES string of the molecule is COC(=O)c1cccc(N=C2[NH+]=C(N)c3ccccc32)c1. The van der Waals surface area contributed by atoms with Gasteiger partial charge in [-0.25, -0.2) is 9.79 Å². The molecule has 0 fully saturated rings. The van der Waals surface area contributed by atoms with E-state index in [2.05, 4.69) is 9.98 Å². The van der Waals surface area contributed by atoms with E-state index in [9.17, 15) is 4.79 Å². The molecule has 0 aromatic heterocycles. The molecule has 0 spiro atoms.